The highest BCUT2D eigenvalue weighted by atomic mass is 19.1. The van der Waals surface area contributed by atoms with E-state index >= 15 is 0 Å². The molecule has 4 atom stereocenters. The van der Waals surface area contributed by atoms with Crippen molar-refractivity contribution >= 4 is 23.6 Å². The van der Waals surface area contributed by atoms with E-state index in [-0.39, 0.29) is 55.1 Å². The summed E-state index contributed by atoms with van der Waals surface area (Å²) in [6, 6.07) is 4.84. The van der Waals surface area contributed by atoms with Crippen molar-refractivity contribution in [1.82, 2.24) is 10.2 Å². The number of carbonyl (C=O) groups excluding carboxylic acids is 3. The second-order valence-electron chi connectivity index (χ2n) is 8.82. The van der Waals surface area contributed by atoms with Crippen LogP contribution >= 0.6 is 0 Å². The number of cyclic esters (lactones) is 1. The first-order valence-electron chi connectivity index (χ1n) is 11.3. The molecule has 1 aromatic rings. The SMILES string of the molecule is CCCCOCC(=O)N1C[C@@H]2[C@H](C1)[C@H]2c1ccc(N2C[C@H](CNC(C)=O)OC2=O)cc1F. The van der Waals surface area contributed by atoms with Crippen molar-refractivity contribution in [3.8, 4) is 0 Å². The molecular formula is C23H30FN3O5. The van der Waals surface area contributed by atoms with Gasteiger partial charge in [0.1, 0.15) is 18.5 Å². The van der Waals surface area contributed by atoms with E-state index in [1.165, 1.54) is 17.9 Å². The standard InChI is InChI=1S/C23H30FN3O5/c1-3-4-7-31-13-21(29)26-11-18-19(12-26)22(18)17-6-5-15(8-20(17)24)27-10-16(32-23(27)30)9-25-14(2)28/h5-6,8,16,18-19,22H,3-4,7,9-13H2,1-2H3,(H,25,28)/t16-,18-,19+,22+/m0/s1. The molecule has 0 unspecified atom stereocenters. The number of fused-ring (bicyclic) bond motifs is 1. The predicted molar refractivity (Wildman–Crippen MR) is 115 cm³/mol. The Morgan fingerprint density at radius 2 is 2.00 bits per heavy atom. The Balaban J connectivity index is 1.31. The molecule has 0 spiro atoms. The summed E-state index contributed by atoms with van der Waals surface area (Å²) in [7, 11) is 0. The lowest BCUT2D eigenvalue weighted by Crippen LogP contribution is -2.34. The van der Waals surface area contributed by atoms with Crippen LogP contribution in [0.5, 0.6) is 0 Å². The van der Waals surface area contributed by atoms with Gasteiger partial charge in [0.2, 0.25) is 11.8 Å². The molecule has 32 heavy (non-hydrogen) atoms. The molecule has 0 bridgehead atoms. The second-order valence-corrected chi connectivity index (χ2v) is 8.82. The number of likely N-dealkylation sites (tertiary alicyclic amines) is 1. The quantitative estimate of drug-likeness (QED) is 0.587. The molecule has 3 fully saturated rings. The van der Waals surface area contributed by atoms with Gasteiger partial charge >= 0.3 is 6.09 Å². The number of nitrogens with zero attached hydrogens (tertiary/aromatic N) is 2. The summed E-state index contributed by atoms with van der Waals surface area (Å²) in [5.41, 5.74) is 1.07. The van der Waals surface area contributed by atoms with Crippen molar-refractivity contribution in [2.24, 2.45) is 11.8 Å². The fraction of sp³-hybridized carbons (Fsp3) is 0.609. The summed E-state index contributed by atoms with van der Waals surface area (Å²) in [5.74, 6) is 0.105. The van der Waals surface area contributed by atoms with Crippen LogP contribution in [0.2, 0.25) is 0 Å². The molecule has 4 rings (SSSR count). The molecule has 0 aromatic heterocycles. The van der Waals surface area contributed by atoms with Crippen LogP contribution in [0.4, 0.5) is 14.9 Å². The molecule has 174 valence electrons. The molecule has 2 heterocycles. The number of ether oxygens (including phenoxy) is 2. The number of benzene rings is 1. The van der Waals surface area contributed by atoms with Gasteiger partial charge in [-0.05, 0) is 41.9 Å². The van der Waals surface area contributed by atoms with Gasteiger partial charge in [0, 0.05) is 26.6 Å². The van der Waals surface area contributed by atoms with Gasteiger partial charge in [-0.15, -0.1) is 0 Å². The number of anilines is 1. The Morgan fingerprint density at radius 3 is 2.66 bits per heavy atom. The maximum Gasteiger partial charge on any atom is 0.414 e. The predicted octanol–water partition coefficient (Wildman–Crippen LogP) is 2.28. The molecule has 1 saturated carbocycles. The second kappa shape index (κ2) is 9.44. The smallest absolute Gasteiger partial charge is 0.414 e. The van der Waals surface area contributed by atoms with Crippen LogP contribution in [0.1, 0.15) is 38.2 Å². The van der Waals surface area contributed by atoms with E-state index in [1.54, 1.807) is 12.1 Å². The molecule has 2 aliphatic heterocycles. The first kappa shape index (κ1) is 22.5. The third kappa shape index (κ3) is 4.72. The number of rotatable bonds is 9. The van der Waals surface area contributed by atoms with Crippen LogP contribution in [0.3, 0.4) is 0 Å². The lowest BCUT2D eigenvalue weighted by Gasteiger charge is -2.20. The monoisotopic (exact) mass is 447 g/mol. The fourth-order valence-electron chi connectivity index (χ4n) is 4.74. The normalized spacial score (nSPS) is 26.2. The highest BCUT2D eigenvalue weighted by molar-refractivity contribution is 5.90. The van der Waals surface area contributed by atoms with Crippen LogP contribution in [-0.4, -0.2) is 68.3 Å². The van der Waals surface area contributed by atoms with E-state index in [0.717, 1.165) is 12.8 Å². The summed E-state index contributed by atoms with van der Waals surface area (Å²) < 4.78 is 25.6. The molecule has 1 aromatic carbocycles. The summed E-state index contributed by atoms with van der Waals surface area (Å²) in [6.45, 7) is 5.93. The van der Waals surface area contributed by atoms with Gasteiger partial charge in [0.25, 0.3) is 0 Å². The van der Waals surface area contributed by atoms with E-state index in [1.807, 2.05) is 4.90 Å². The third-order valence-corrected chi connectivity index (χ3v) is 6.52. The molecular weight excluding hydrogens is 417 g/mol. The molecule has 1 N–H and O–H groups in total. The first-order chi connectivity index (χ1) is 15.4. The van der Waals surface area contributed by atoms with E-state index in [2.05, 4.69) is 12.2 Å². The van der Waals surface area contributed by atoms with Crippen LogP contribution in [-0.2, 0) is 19.1 Å². The number of halogens is 1. The first-order valence-corrected chi connectivity index (χ1v) is 11.3. The number of hydrogen-bond acceptors (Lipinski definition) is 5. The number of carbonyl (C=O) groups is 3. The van der Waals surface area contributed by atoms with Crippen LogP contribution in [0.25, 0.3) is 0 Å². The summed E-state index contributed by atoms with van der Waals surface area (Å²) >= 11 is 0. The molecule has 3 aliphatic rings. The molecule has 1 aliphatic carbocycles. The minimum atomic E-state index is -0.550. The van der Waals surface area contributed by atoms with E-state index in [0.29, 0.717) is 30.9 Å². The minimum absolute atomic E-state index is 0.00392. The van der Waals surface area contributed by atoms with E-state index in [9.17, 15) is 18.8 Å². The summed E-state index contributed by atoms with van der Waals surface area (Å²) in [6.07, 6.45) is 0.962. The van der Waals surface area contributed by atoms with Crippen molar-refractivity contribution in [2.45, 2.75) is 38.7 Å². The highest BCUT2D eigenvalue weighted by Crippen LogP contribution is 2.58. The van der Waals surface area contributed by atoms with Crippen molar-refractivity contribution in [2.75, 3.05) is 44.3 Å². The van der Waals surface area contributed by atoms with Gasteiger partial charge in [-0.3, -0.25) is 14.5 Å². The average molecular weight is 448 g/mol. The number of amides is 3. The molecule has 3 amide bonds. The average Bonchev–Trinajstić information content (AvgIpc) is 3.08. The molecule has 9 heteroatoms. The van der Waals surface area contributed by atoms with Gasteiger partial charge in [-0.25, -0.2) is 9.18 Å². The summed E-state index contributed by atoms with van der Waals surface area (Å²) in [5, 5.41) is 2.62. The Hall–Kier alpha value is -2.68. The van der Waals surface area contributed by atoms with Crippen molar-refractivity contribution in [3.05, 3.63) is 29.6 Å². The van der Waals surface area contributed by atoms with Gasteiger partial charge in [0.05, 0.1) is 18.8 Å². The maximum atomic E-state index is 14.9. The number of unbranched alkanes of at least 4 members (excludes halogenated alkanes) is 1. The van der Waals surface area contributed by atoms with Crippen molar-refractivity contribution in [1.29, 1.82) is 0 Å². The van der Waals surface area contributed by atoms with Crippen LogP contribution in [0, 0.1) is 17.7 Å². The number of hydrogen-bond donors (Lipinski definition) is 1. The minimum Gasteiger partial charge on any atom is -0.442 e. The third-order valence-electron chi connectivity index (χ3n) is 6.52. The number of piperidine rings is 1. The van der Waals surface area contributed by atoms with Gasteiger partial charge in [-0.1, -0.05) is 19.4 Å². The number of nitrogens with one attached hydrogen (secondary N) is 1. The zero-order chi connectivity index (χ0) is 22.8. The molecule has 8 nitrogen and oxygen atoms in total. The Bertz CT molecular complexity index is 882. The summed E-state index contributed by atoms with van der Waals surface area (Å²) in [4.78, 5) is 38.7. The largest absolute Gasteiger partial charge is 0.442 e. The van der Waals surface area contributed by atoms with Crippen molar-refractivity contribution < 1.29 is 28.2 Å². The van der Waals surface area contributed by atoms with Gasteiger partial charge in [0.15, 0.2) is 0 Å². The Labute approximate surface area is 187 Å². The van der Waals surface area contributed by atoms with Crippen molar-refractivity contribution in [3.63, 3.8) is 0 Å². The Kier molecular flexibility index (Phi) is 6.64. The highest BCUT2D eigenvalue weighted by Gasteiger charge is 2.57. The lowest BCUT2D eigenvalue weighted by molar-refractivity contribution is -0.135. The zero-order valence-electron chi connectivity index (χ0n) is 18.5. The zero-order valence-corrected chi connectivity index (χ0v) is 18.5. The lowest BCUT2D eigenvalue weighted by atomic mass is 10.0. The van der Waals surface area contributed by atoms with Gasteiger partial charge in [-0.2, -0.15) is 0 Å². The topological polar surface area (TPSA) is 88.2 Å². The van der Waals surface area contributed by atoms with Crippen LogP contribution < -0.4 is 10.2 Å². The Morgan fingerprint density at radius 1 is 1.25 bits per heavy atom. The van der Waals surface area contributed by atoms with E-state index in [4.69, 9.17) is 9.47 Å². The van der Waals surface area contributed by atoms with Crippen LogP contribution in [0.15, 0.2) is 18.2 Å². The fourth-order valence-corrected chi connectivity index (χ4v) is 4.74. The van der Waals surface area contributed by atoms with E-state index < -0.39 is 12.2 Å². The maximum absolute atomic E-state index is 14.9. The molecule has 2 saturated heterocycles. The van der Waals surface area contributed by atoms with Gasteiger partial charge < -0.3 is 19.7 Å². The molecule has 0 radical (unpaired) electrons.